The molecule has 0 aliphatic rings. The van der Waals surface area contributed by atoms with Crippen LogP contribution in [-0.4, -0.2) is 31.6 Å². The number of aromatic nitrogens is 3. The highest BCUT2D eigenvalue weighted by Crippen LogP contribution is 2.21. The van der Waals surface area contributed by atoms with Gasteiger partial charge in [-0.15, -0.1) is 16.7 Å². The van der Waals surface area contributed by atoms with Crippen molar-refractivity contribution in [2.45, 2.75) is 5.88 Å². The van der Waals surface area contributed by atoms with Gasteiger partial charge in [0.05, 0.1) is 17.1 Å². The summed E-state index contributed by atoms with van der Waals surface area (Å²) in [6.07, 6.45) is 0. The first kappa shape index (κ1) is 16.8. The Morgan fingerprint density at radius 3 is 2.52 bits per heavy atom. The third-order valence-corrected chi connectivity index (χ3v) is 3.69. The molecule has 0 aliphatic heterocycles. The first-order valence-corrected chi connectivity index (χ1v) is 7.69. The Balaban J connectivity index is 2.18. The van der Waals surface area contributed by atoms with Gasteiger partial charge in [0.15, 0.2) is 5.78 Å². The number of carbonyl (C=O) groups is 2. The molecule has 0 saturated carbocycles. The highest BCUT2D eigenvalue weighted by atomic mass is 35.5. The van der Waals surface area contributed by atoms with E-state index in [-0.39, 0.29) is 23.0 Å². The molecule has 3 aromatic rings. The van der Waals surface area contributed by atoms with Crippen molar-refractivity contribution >= 4 is 23.4 Å². The monoisotopic (exact) mass is 359 g/mol. The molecule has 1 heterocycles. The van der Waals surface area contributed by atoms with Crippen LogP contribution in [0, 0.1) is 5.82 Å². The van der Waals surface area contributed by atoms with Gasteiger partial charge in [0.1, 0.15) is 11.6 Å². The lowest BCUT2D eigenvalue weighted by Gasteiger charge is -2.10. The van der Waals surface area contributed by atoms with Gasteiger partial charge in [-0.05, 0) is 18.2 Å². The molecule has 0 aliphatic carbocycles. The molecule has 6 nitrogen and oxygen atoms in total. The maximum atomic E-state index is 13.7. The van der Waals surface area contributed by atoms with E-state index in [1.807, 2.05) is 0 Å². The molecular formula is C17H11ClFN3O3. The predicted molar refractivity (Wildman–Crippen MR) is 87.7 cm³/mol. The molecule has 25 heavy (non-hydrogen) atoms. The molecule has 3 rings (SSSR count). The van der Waals surface area contributed by atoms with Gasteiger partial charge in [0.2, 0.25) is 0 Å². The Bertz CT molecular complexity index is 957. The van der Waals surface area contributed by atoms with E-state index < -0.39 is 23.4 Å². The molecule has 8 heteroatoms. The van der Waals surface area contributed by atoms with Gasteiger partial charge in [-0.3, -0.25) is 4.79 Å². The summed E-state index contributed by atoms with van der Waals surface area (Å²) in [4.78, 5) is 27.7. The largest absolute Gasteiger partial charge is 0.475 e. The standard InChI is InChI=1S/C17H11ClFN3O3/c18-9-14-20-16(17(24)25)21-22(14)13-7-6-11(19)8-12(13)15(23)10-4-2-1-3-5-10/h1-8H,9H2,(H,24,25). The van der Waals surface area contributed by atoms with E-state index in [9.17, 15) is 14.0 Å². The smallest absolute Gasteiger partial charge is 0.375 e. The van der Waals surface area contributed by atoms with Gasteiger partial charge >= 0.3 is 5.97 Å². The predicted octanol–water partition coefficient (Wildman–Crippen LogP) is 3.07. The molecule has 0 atom stereocenters. The minimum Gasteiger partial charge on any atom is -0.475 e. The maximum Gasteiger partial charge on any atom is 0.375 e. The van der Waals surface area contributed by atoms with Crippen LogP contribution in [0.5, 0.6) is 0 Å². The number of ketones is 1. The number of benzene rings is 2. The van der Waals surface area contributed by atoms with Crippen LogP contribution in [0.2, 0.25) is 0 Å². The second kappa shape index (κ2) is 6.82. The van der Waals surface area contributed by atoms with Crippen LogP contribution in [0.3, 0.4) is 0 Å². The van der Waals surface area contributed by atoms with Gasteiger partial charge in [-0.25, -0.2) is 18.9 Å². The van der Waals surface area contributed by atoms with Crippen LogP contribution in [0.15, 0.2) is 48.5 Å². The number of halogens is 2. The molecule has 0 saturated heterocycles. The fourth-order valence-corrected chi connectivity index (χ4v) is 2.51. The lowest BCUT2D eigenvalue weighted by Crippen LogP contribution is -2.11. The summed E-state index contributed by atoms with van der Waals surface area (Å²) < 4.78 is 14.9. The molecule has 1 N–H and O–H groups in total. The molecule has 0 fully saturated rings. The van der Waals surface area contributed by atoms with Crippen molar-refractivity contribution in [2.75, 3.05) is 0 Å². The number of carboxylic acid groups (broad SMARTS) is 1. The van der Waals surface area contributed by atoms with Gasteiger partial charge < -0.3 is 5.11 Å². The zero-order chi connectivity index (χ0) is 18.0. The molecule has 126 valence electrons. The van der Waals surface area contributed by atoms with Crippen molar-refractivity contribution in [2.24, 2.45) is 0 Å². The maximum absolute atomic E-state index is 13.7. The number of carbonyl (C=O) groups excluding carboxylic acids is 1. The zero-order valence-corrected chi connectivity index (χ0v) is 13.4. The Morgan fingerprint density at radius 1 is 1.16 bits per heavy atom. The Kier molecular flexibility index (Phi) is 4.58. The van der Waals surface area contributed by atoms with E-state index in [1.54, 1.807) is 30.3 Å². The van der Waals surface area contributed by atoms with Crippen LogP contribution >= 0.6 is 11.6 Å². The summed E-state index contributed by atoms with van der Waals surface area (Å²) in [5.74, 6) is -2.82. The van der Waals surface area contributed by atoms with Crippen LogP contribution in [0.25, 0.3) is 5.69 Å². The first-order chi connectivity index (χ1) is 12.0. The van der Waals surface area contributed by atoms with Crippen LogP contribution < -0.4 is 0 Å². The van der Waals surface area contributed by atoms with Crippen LogP contribution in [0.4, 0.5) is 4.39 Å². The molecule has 0 amide bonds. The third-order valence-electron chi connectivity index (χ3n) is 3.45. The summed E-state index contributed by atoms with van der Waals surface area (Å²) in [5.41, 5.74) is 0.589. The second-order valence-corrected chi connectivity index (χ2v) is 5.33. The van der Waals surface area contributed by atoms with Crippen molar-refractivity contribution in [1.82, 2.24) is 14.8 Å². The number of aromatic carboxylic acids is 1. The molecular weight excluding hydrogens is 349 g/mol. The van der Waals surface area contributed by atoms with Crippen LogP contribution in [0.1, 0.15) is 32.4 Å². The van der Waals surface area contributed by atoms with E-state index in [4.69, 9.17) is 16.7 Å². The zero-order valence-electron chi connectivity index (χ0n) is 12.7. The van der Waals surface area contributed by atoms with Gasteiger partial charge in [-0.2, -0.15) is 0 Å². The average molecular weight is 360 g/mol. The average Bonchev–Trinajstić information content (AvgIpc) is 3.06. The Labute approximate surface area is 146 Å². The molecule has 0 radical (unpaired) electrons. The van der Waals surface area contributed by atoms with E-state index in [2.05, 4.69) is 10.1 Å². The van der Waals surface area contributed by atoms with Crippen molar-refractivity contribution in [3.05, 3.63) is 77.1 Å². The van der Waals surface area contributed by atoms with Crippen LogP contribution in [-0.2, 0) is 5.88 Å². The number of nitrogens with zero attached hydrogens (tertiary/aromatic N) is 3. The Morgan fingerprint density at radius 2 is 1.88 bits per heavy atom. The van der Waals surface area contributed by atoms with Gasteiger partial charge in [0.25, 0.3) is 5.82 Å². The second-order valence-electron chi connectivity index (χ2n) is 5.06. The van der Waals surface area contributed by atoms with E-state index in [0.29, 0.717) is 5.56 Å². The molecule has 0 spiro atoms. The fraction of sp³-hybridized carbons (Fsp3) is 0.0588. The number of alkyl halides is 1. The summed E-state index contributed by atoms with van der Waals surface area (Å²) in [7, 11) is 0. The lowest BCUT2D eigenvalue weighted by molar-refractivity contribution is 0.0683. The third kappa shape index (κ3) is 3.27. The first-order valence-electron chi connectivity index (χ1n) is 7.16. The van der Waals surface area contributed by atoms with Crippen molar-refractivity contribution in [1.29, 1.82) is 0 Å². The summed E-state index contributed by atoms with van der Waals surface area (Å²) in [5, 5.41) is 12.9. The number of carboxylic acids is 1. The van der Waals surface area contributed by atoms with E-state index in [1.165, 1.54) is 6.07 Å². The topological polar surface area (TPSA) is 85.1 Å². The quantitative estimate of drug-likeness (QED) is 0.559. The minimum atomic E-state index is -1.33. The summed E-state index contributed by atoms with van der Waals surface area (Å²) in [6, 6.07) is 11.9. The SMILES string of the molecule is O=C(O)c1nc(CCl)n(-c2ccc(F)cc2C(=O)c2ccccc2)n1. The number of hydrogen-bond acceptors (Lipinski definition) is 4. The molecule has 1 aromatic heterocycles. The normalized spacial score (nSPS) is 10.6. The van der Waals surface area contributed by atoms with Gasteiger partial charge in [-0.1, -0.05) is 30.3 Å². The lowest BCUT2D eigenvalue weighted by atomic mass is 10.0. The van der Waals surface area contributed by atoms with Crippen molar-refractivity contribution in [3.63, 3.8) is 0 Å². The highest BCUT2D eigenvalue weighted by molar-refractivity contribution is 6.17. The molecule has 0 bridgehead atoms. The molecule has 0 unspecified atom stereocenters. The van der Waals surface area contributed by atoms with Gasteiger partial charge in [0, 0.05) is 5.56 Å². The van der Waals surface area contributed by atoms with E-state index >= 15 is 0 Å². The van der Waals surface area contributed by atoms with Crippen molar-refractivity contribution in [3.8, 4) is 5.69 Å². The fourth-order valence-electron chi connectivity index (χ4n) is 2.33. The van der Waals surface area contributed by atoms with E-state index in [0.717, 1.165) is 16.8 Å². The summed E-state index contributed by atoms with van der Waals surface area (Å²) >= 11 is 5.80. The highest BCUT2D eigenvalue weighted by Gasteiger charge is 2.21. The number of hydrogen-bond donors (Lipinski definition) is 1. The number of rotatable bonds is 5. The van der Waals surface area contributed by atoms with Crippen molar-refractivity contribution < 1.29 is 19.1 Å². The summed E-state index contributed by atoms with van der Waals surface area (Å²) in [6.45, 7) is 0. The molecule has 2 aromatic carbocycles. The Hall–Kier alpha value is -3.06. The minimum absolute atomic E-state index is 0.0272.